The molecule has 0 amide bonds. The number of anilines is 1. The number of pyridine rings is 1. The molecule has 4 nitrogen and oxygen atoms in total. The maximum Gasteiger partial charge on any atom is 0.0659 e. The van der Waals surface area contributed by atoms with Crippen LogP contribution in [0.15, 0.2) is 43.3 Å². The van der Waals surface area contributed by atoms with Gasteiger partial charge in [-0.25, -0.2) is 0 Å². The summed E-state index contributed by atoms with van der Waals surface area (Å²) in [5.41, 5.74) is 8.69. The molecule has 0 spiro atoms. The minimum Gasteiger partial charge on any atom is -0.358 e. The lowest BCUT2D eigenvalue weighted by atomic mass is 9.84. The lowest BCUT2D eigenvalue weighted by Crippen LogP contribution is -2.36. The van der Waals surface area contributed by atoms with Crippen LogP contribution in [-0.4, -0.2) is 17.7 Å². The Bertz CT molecular complexity index is 929. The minimum atomic E-state index is -0.0493. The van der Waals surface area contributed by atoms with Crippen molar-refractivity contribution in [2.75, 3.05) is 11.9 Å². The average molecular weight is 389 g/mol. The van der Waals surface area contributed by atoms with Crippen molar-refractivity contribution in [2.24, 2.45) is 5.92 Å². The topological polar surface area (TPSA) is 60.8 Å². The van der Waals surface area contributed by atoms with Crippen molar-refractivity contribution in [3.8, 4) is 11.1 Å². The number of nitrogens with zero attached hydrogens (tertiary/aromatic N) is 1. The van der Waals surface area contributed by atoms with Crippen molar-refractivity contribution >= 4 is 18.0 Å². The zero-order valence-electron chi connectivity index (χ0n) is 17.8. The predicted octanol–water partition coefficient (Wildman–Crippen LogP) is 6.03. The molecule has 0 bridgehead atoms. The van der Waals surface area contributed by atoms with Gasteiger partial charge in [0.05, 0.1) is 11.6 Å². The normalized spacial score (nSPS) is 18.1. The van der Waals surface area contributed by atoms with Crippen LogP contribution in [0.2, 0.25) is 0 Å². The molecule has 0 fully saturated rings. The van der Waals surface area contributed by atoms with Gasteiger partial charge in [-0.15, -0.1) is 0 Å². The number of nitrogens with one attached hydrogen (secondary N) is 3. The third kappa shape index (κ3) is 4.18. The molecule has 1 aromatic carbocycles. The fourth-order valence-electron chi connectivity index (χ4n) is 4.21. The lowest BCUT2D eigenvalue weighted by Gasteiger charge is -2.35. The number of unbranched alkanes of at least 4 members (excludes halogenated alkanes) is 2. The molecule has 0 radical (unpaired) electrons. The first-order chi connectivity index (χ1) is 14.0. The molecule has 3 N–H and O–H groups in total. The molecule has 1 aromatic heterocycles. The molecule has 3 rings (SSSR count). The molecule has 2 atom stereocenters. The average Bonchev–Trinajstić information content (AvgIpc) is 2.71. The summed E-state index contributed by atoms with van der Waals surface area (Å²) in [5.74, 6) is -0.0493. The van der Waals surface area contributed by atoms with Crippen molar-refractivity contribution in [3.63, 3.8) is 0 Å². The van der Waals surface area contributed by atoms with Crippen LogP contribution in [0.5, 0.6) is 0 Å². The third-order valence-corrected chi connectivity index (χ3v) is 5.80. The molecular formula is C25H32N4. The van der Waals surface area contributed by atoms with Crippen LogP contribution in [0.4, 0.5) is 5.69 Å². The summed E-state index contributed by atoms with van der Waals surface area (Å²) >= 11 is 0. The van der Waals surface area contributed by atoms with E-state index in [1.807, 2.05) is 12.3 Å². The van der Waals surface area contributed by atoms with Crippen LogP contribution in [0.3, 0.4) is 0 Å². The summed E-state index contributed by atoms with van der Waals surface area (Å²) < 4.78 is 0. The summed E-state index contributed by atoms with van der Waals surface area (Å²) in [6.07, 6.45) is 8.77. The van der Waals surface area contributed by atoms with E-state index in [0.29, 0.717) is 0 Å². The number of aromatic nitrogens is 1. The lowest BCUT2D eigenvalue weighted by molar-refractivity contribution is 0.464. The van der Waals surface area contributed by atoms with Gasteiger partial charge >= 0.3 is 0 Å². The Balaban J connectivity index is 2.01. The van der Waals surface area contributed by atoms with Crippen molar-refractivity contribution in [1.82, 2.24) is 10.3 Å². The highest BCUT2D eigenvalue weighted by Gasteiger charge is 2.30. The van der Waals surface area contributed by atoms with Gasteiger partial charge in [-0.1, -0.05) is 45.1 Å². The molecule has 4 heteroatoms. The number of benzene rings is 1. The zero-order chi connectivity index (χ0) is 21.0. The molecule has 0 aliphatic carbocycles. The van der Waals surface area contributed by atoms with E-state index in [9.17, 15) is 0 Å². The number of rotatable bonds is 8. The molecular weight excluding hydrogens is 356 g/mol. The molecule has 1 aliphatic rings. The van der Waals surface area contributed by atoms with E-state index in [1.54, 1.807) is 0 Å². The van der Waals surface area contributed by atoms with Gasteiger partial charge in [-0.05, 0) is 66.8 Å². The minimum absolute atomic E-state index is 0.0493. The van der Waals surface area contributed by atoms with Gasteiger partial charge in [0.1, 0.15) is 0 Å². The SMILES string of the molecule is C=Cc1ncc(C)c(-c2ccc3c(c2)NC(=C)C(C=N)C3NCCCCC)c1C. The second-order valence-corrected chi connectivity index (χ2v) is 7.81. The van der Waals surface area contributed by atoms with E-state index in [0.717, 1.165) is 46.7 Å². The Morgan fingerprint density at radius 1 is 1.28 bits per heavy atom. The second-order valence-electron chi connectivity index (χ2n) is 7.81. The number of fused-ring (bicyclic) bond motifs is 1. The van der Waals surface area contributed by atoms with Crippen molar-refractivity contribution < 1.29 is 0 Å². The van der Waals surface area contributed by atoms with E-state index in [-0.39, 0.29) is 12.0 Å². The van der Waals surface area contributed by atoms with Crippen LogP contribution in [0, 0.1) is 25.2 Å². The molecule has 2 unspecified atom stereocenters. The number of hydrogen-bond donors (Lipinski definition) is 3. The Labute approximate surface area is 174 Å². The van der Waals surface area contributed by atoms with E-state index >= 15 is 0 Å². The van der Waals surface area contributed by atoms with E-state index in [2.05, 4.69) is 67.7 Å². The molecule has 0 saturated carbocycles. The summed E-state index contributed by atoms with van der Waals surface area (Å²) in [4.78, 5) is 4.48. The van der Waals surface area contributed by atoms with E-state index < -0.39 is 0 Å². The Hall–Kier alpha value is -2.72. The van der Waals surface area contributed by atoms with Crippen molar-refractivity contribution in [2.45, 2.75) is 46.1 Å². The van der Waals surface area contributed by atoms with Crippen molar-refractivity contribution in [1.29, 1.82) is 5.41 Å². The molecule has 29 heavy (non-hydrogen) atoms. The molecule has 2 heterocycles. The summed E-state index contributed by atoms with van der Waals surface area (Å²) in [6, 6.07) is 6.64. The van der Waals surface area contributed by atoms with Crippen LogP contribution in [-0.2, 0) is 0 Å². The maximum absolute atomic E-state index is 7.91. The molecule has 0 saturated heterocycles. The molecule has 1 aliphatic heterocycles. The van der Waals surface area contributed by atoms with E-state index in [1.165, 1.54) is 30.2 Å². The predicted molar refractivity (Wildman–Crippen MR) is 125 cm³/mol. The molecule has 152 valence electrons. The fraction of sp³-hybridized carbons (Fsp3) is 0.360. The summed E-state index contributed by atoms with van der Waals surface area (Å²) in [7, 11) is 0. The Morgan fingerprint density at radius 3 is 2.76 bits per heavy atom. The van der Waals surface area contributed by atoms with Gasteiger partial charge in [0.25, 0.3) is 0 Å². The van der Waals surface area contributed by atoms with Crippen LogP contribution >= 0.6 is 0 Å². The zero-order valence-corrected chi connectivity index (χ0v) is 17.8. The number of hydrogen-bond acceptors (Lipinski definition) is 4. The fourth-order valence-corrected chi connectivity index (χ4v) is 4.21. The molecule has 2 aromatic rings. The van der Waals surface area contributed by atoms with Gasteiger partial charge in [0, 0.05) is 29.8 Å². The van der Waals surface area contributed by atoms with Gasteiger partial charge in [0.15, 0.2) is 0 Å². The van der Waals surface area contributed by atoms with Gasteiger partial charge in [-0.2, -0.15) is 0 Å². The second kappa shape index (κ2) is 9.19. The smallest absolute Gasteiger partial charge is 0.0659 e. The first kappa shape index (κ1) is 21.0. The Kier molecular flexibility index (Phi) is 6.65. The highest BCUT2D eigenvalue weighted by molar-refractivity contribution is 5.80. The van der Waals surface area contributed by atoms with Crippen LogP contribution < -0.4 is 10.6 Å². The first-order valence-corrected chi connectivity index (χ1v) is 10.4. The highest BCUT2D eigenvalue weighted by atomic mass is 15.0. The monoisotopic (exact) mass is 388 g/mol. The standard InChI is InChI=1S/C25H32N4/c1-6-8-9-12-27-25-20-11-10-19(13-23(20)29-18(5)21(25)14-26)24-16(3)15-28-22(7-2)17(24)4/h7,10-11,13-15,21,25-27,29H,2,5-6,8-9,12H2,1,3-4H3. The third-order valence-electron chi connectivity index (χ3n) is 5.80. The van der Waals surface area contributed by atoms with Gasteiger partial charge in [0.2, 0.25) is 0 Å². The largest absolute Gasteiger partial charge is 0.358 e. The summed E-state index contributed by atoms with van der Waals surface area (Å²) in [6.45, 7) is 15.4. The van der Waals surface area contributed by atoms with E-state index in [4.69, 9.17) is 5.41 Å². The van der Waals surface area contributed by atoms with Crippen LogP contribution in [0.1, 0.15) is 54.6 Å². The first-order valence-electron chi connectivity index (χ1n) is 10.4. The number of aryl methyl sites for hydroxylation is 1. The Morgan fingerprint density at radius 2 is 2.07 bits per heavy atom. The quantitative estimate of drug-likeness (QED) is 0.382. The maximum atomic E-state index is 7.91. The van der Waals surface area contributed by atoms with Crippen LogP contribution in [0.25, 0.3) is 17.2 Å². The summed E-state index contributed by atoms with van der Waals surface area (Å²) in [5, 5.41) is 15.0. The van der Waals surface area contributed by atoms with Gasteiger partial charge < -0.3 is 16.0 Å². The van der Waals surface area contributed by atoms with Gasteiger partial charge in [-0.3, -0.25) is 4.98 Å². The highest BCUT2D eigenvalue weighted by Crippen LogP contribution is 2.40. The van der Waals surface area contributed by atoms with Crippen molar-refractivity contribution in [3.05, 3.63) is 65.6 Å².